The second-order valence-corrected chi connectivity index (χ2v) is 9.56. The molecule has 21 heavy (non-hydrogen) atoms. The average Bonchev–Trinajstić information content (AvgIpc) is 2.42. The van der Waals surface area contributed by atoms with Gasteiger partial charge in [-0.3, -0.25) is 0 Å². The minimum absolute atomic E-state index is 0.0218. The summed E-state index contributed by atoms with van der Waals surface area (Å²) in [5.41, 5.74) is 1.01. The Morgan fingerprint density at radius 1 is 1.19 bits per heavy atom. The fourth-order valence-electron chi connectivity index (χ4n) is 1.61. The third-order valence-corrected chi connectivity index (χ3v) is 7.73. The predicted molar refractivity (Wildman–Crippen MR) is 83.2 cm³/mol. The summed E-state index contributed by atoms with van der Waals surface area (Å²) in [7, 11) is -5.42. The summed E-state index contributed by atoms with van der Waals surface area (Å²) < 4.78 is 54.4. The standard InChI is InChI=1S/C13H21FN2O3S2/c1-5-20(17,6-2)15-21(18,19)16(4)10-12-8-7-11(3)13(14)9-12/h7-9H,5-6,10H2,1-4H3. The largest absolute Gasteiger partial charge is 0.330 e. The number of rotatable bonds is 6. The van der Waals surface area contributed by atoms with Crippen LogP contribution in [0.5, 0.6) is 0 Å². The Morgan fingerprint density at radius 2 is 1.76 bits per heavy atom. The molecular weight excluding hydrogens is 315 g/mol. The highest BCUT2D eigenvalue weighted by Crippen LogP contribution is 2.14. The van der Waals surface area contributed by atoms with Crippen molar-refractivity contribution in [2.75, 3.05) is 18.6 Å². The first-order valence-corrected chi connectivity index (χ1v) is 9.83. The molecule has 8 heteroatoms. The van der Waals surface area contributed by atoms with Gasteiger partial charge < -0.3 is 0 Å². The van der Waals surface area contributed by atoms with E-state index in [0.717, 1.165) is 4.31 Å². The van der Waals surface area contributed by atoms with Crippen molar-refractivity contribution in [3.8, 4) is 0 Å². The molecule has 0 atom stereocenters. The van der Waals surface area contributed by atoms with Crippen LogP contribution in [-0.2, 0) is 26.5 Å². The zero-order valence-corrected chi connectivity index (χ0v) is 14.3. The van der Waals surface area contributed by atoms with Gasteiger partial charge in [-0.15, -0.1) is 0 Å². The first-order chi connectivity index (χ1) is 9.63. The summed E-state index contributed by atoms with van der Waals surface area (Å²) in [6.07, 6.45) is 0. The molecule has 0 amide bonds. The molecule has 5 nitrogen and oxygen atoms in total. The molecule has 1 aromatic rings. The smallest absolute Gasteiger partial charge is 0.249 e. The monoisotopic (exact) mass is 336 g/mol. The van der Waals surface area contributed by atoms with Crippen molar-refractivity contribution >= 4 is 19.9 Å². The molecule has 120 valence electrons. The highest BCUT2D eigenvalue weighted by molar-refractivity contribution is 8.02. The summed E-state index contributed by atoms with van der Waals surface area (Å²) in [5, 5.41) is 0. The number of aryl methyl sites for hydroxylation is 1. The number of hydrogen-bond acceptors (Lipinski definition) is 3. The van der Waals surface area contributed by atoms with Crippen LogP contribution in [0, 0.1) is 12.7 Å². The average molecular weight is 336 g/mol. The number of halogens is 1. The minimum atomic E-state index is -4.00. The normalized spacial score (nSPS) is 12.7. The van der Waals surface area contributed by atoms with Crippen molar-refractivity contribution in [1.82, 2.24) is 4.31 Å². The van der Waals surface area contributed by atoms with Crippen LogP contribution in [0.15, 0.2) is 22.0 Å². The van der Waals surface area contributed by atoms with Gasteiger partial charge in [-0.1, -0.05) is 29.7 Å². The van der Waals surface area contributed by atoms with Gasteiger partial charge in [0.05, 0.1) is 9.73 Å². The van der Waals surface area contributed by atoms with Gasteiger partial charge in [0.25, 0.3) is 0 Å². The molecule has 0 aliphatic carbocycles. The van der Waals surface area contributed by atoms with E-state index in [1.54, 1.807) is 32.9 Å². The van der Waals surface area contributed by atoms with Crippen molar-refractivity contribution in [2.24, 2.45) is 3.77 Å². The molecule has 1 aromatic carbocycles. The molecular formula is C13H21FN2O3S2. The van der Waals surface area contributed by atoms with Crippen LogP contribution in [0.25, 0.3) is 0 Å². The molecule has 0 heterocycles. The van der Waals surface area contributed by atoms with Gasteiger partial charge >= 0.3 is 10.2 Å². The molecule has 1 rings (SSSR count). The molecule has 0 radical (unpaired) electrons. The molecule has 0 unspecified atom stereocenters. The highest BCUT2D eigenvalue weighted by Gasteiger charge is 2.20. The molecule has 0 saturated heterocycles. The van der Waals surface area contributed by atoms with E-state index in [2.05, 4.69) is 3.77 Å². The summed E-state index contributed by atoms with van der Waals surface area (Å²) in [4.78, 5) is 0. The highest BCUT2D eigenvalue weighted by atomic mass is 32.3. The minimum Gasteiger partial charge on any atom is -0.249 e. The maximum atomic E-state index is 13.5. The van der Waals surface area contributed by atoms with Gasteiger partial charge in [0.15, 0.2) is 0 Å². The van der Waals surface area contributed by atoms with Crippen molar-refractivity contribution in [2.45, 2.75) is 27.3 Å². The van der Waals surface area contributed by atoms with Crippen molar-refractivity contribution in [3.05, 3.63) is 35.1 Å². The van der Waals surface area contributed by atoms with Gasteiger partial charge in [-0.2, -0.15) is 12.7 Å². The molecule has 0 saturated carbocycles. The Kier molecular flexibility index (Phi) is 5.89. The van der Waals surface area contributed by atoms with Crippen LogP contribution in [0.3, 0.4) is 0 Å². The Morgan fingerprint density at radius 3 is 2.24 bits per heavy atom. The second-order valence-electron chi connectivity index (χ2n) is 4.74. The Labute approximate surface area is 126 Å². The SMILES string of the molecule is CCS(=O)(CC)=NS(=O)(=O)N(C)Cc1ccc(C)c(F)c1. The third kappa shape index (κ3) is 4.76. The van der Waals surface area contributed by atoms with E-state index in [0.29, 0.717) is 11.1 Å². The van der Waals surface area contributed by atoms with E-state index in [9.17, 15) is 17.0 Å². The van der Waals surface area contributed by atoms with E-state index in [1.807, 2.05) is 0 Å². The second kappa shape index (κ2) is 6.85. The number of nitrogens with zero attached hydrogens (tertiary/aromatic N) is 2. The summed E-state index contributed by atoms with van der Waals surface area (Å²) in [6, 6.07) is 4.53. The maximum absolute atomic E-state index is 13.5. The number of hydrogen-bond donors (Lipinski definition) is 0. The molecule has 0 N–H and O–H groups in total. The van der Waals surface area contributed by atoms with Crippen LogP contribution in [0.4, 0.5) is 4.39 Å². The van der Waals surface area contributed by atoms with Gasteiger partial charge in [-0.25, -0.2) is 8.60 Å². The summed E-state index contributed by atoms with van der Waals surface area (Å²) in [5.74, 6) is -0.0352. The lowest BCUT2D eigenvalue weighted by Crippen LogP contribution is -2.26. The lowest BCUT2D eigenvalue weighted by atomic mass is 10.1. The summed E-state index contributed by atoms with van der Waals surface area (Å²) >= 11 is 0. The van der Waals surface area contributed by atoms with Gasteiger partial charge in [0.2, 0.25) is 0 Å². The van der Waals surface area contributed by atoms with E-state index >= 15 is 0 Å². The van der Waals surface area contributed by atoms with E-state index < -0.39 is 19.9 Å². The fraction of sp³-hybridized carbons (Fsp3) is 0.538. The lowest BCUT2D eigenvalue weighted by molar-refractivity contribution is 0.467. The predicted octanol–water partition coefficient (Wildman–Crippen LogP) is 2.32. The van der Waals surface area contributed by atoms with Gasteiger partial charge in [0, 0.05) is 25.1 Å². The van der Waals surface area contributed by atoms with Crippen molar-refractivity contribution in [1.29, 1.82) is 0 Å². The quantitative estimate of drug-likeness (QED) is 0.801. The van der Waals surface area contributed by atoms with Gasteiger partial charge in [-0.05, 0) is 24.1 Å². The first-order valence-electron chi connectivity index (χ1n) is 6.58. The molecule has 0 aliphatic rings. The van der Waals surface area contributed by atoms with Crippen LogP contribution >= 0.6 is 0 Å². The van der Waals surface area contributed by atoms with E-state index in [1.165, 1.54) is 13.1 Å². The third-order valence-electron chi connectivity index (χ3n) is 3.17. The van der Waals surface area contributed by atoms with Crippen LogP contribution in [-0.4, -0.2) is 35.5 Å². The van der Waals surface area contributed by atoms with E-state index in [-0.39, 0.29) is 23.9 Å². The molecule has 0 fully saturated rings. The van der Waals surface area contributed by atoms with Gasteiger partial charge in [0.1, 0.15) is 5.82 Å². The van der Waals surface area contributed by atoms with Crippen molar-refractivity contribution in [3.63, 3.8) is 0 Å². The Balaban J connectivity index is 3.05. The van der Waals surface area contributed by atoms with Crippen molar-refractivity contribution < 1.29 is 17.0 Å². The topological polar surface area (TPSA) is 66.8 Å². The van der Waals surface area contributed by atoms with E-state index in [4.69, 9.17) is 0 Å². The summed E-state index contributed by atoms with van der Waals surface area (Å²) in [6.45, 7) is 4.89. The molecule has 0 bridgehead atoms. The molecule has 0 aliphatic heterocycles. The maximum Gasteiger partial charge on any atom is 0.330 e. The van der Waals surface area contributed by atoms with Crippen LogP contribution in [0.2, 0.25) is 0 Å². The molecule has 0 aromatic heterocycles. The zero-order valence-electron chi connectivity index (χ0n) is 12.7. The van der Waals surface area contributed by atoms with Crippen LogP contribution in [0.1, 0.15) is 25.0 Å². The Hall–Kier alpha value is -0.990. The fourth-order valence-corrected chi connectivity index (χ4v) is 5.00. The Bertz CT molecular complexity index is 713. The number of benzene rings is 1. The molecule has 0 spiro atoms. The zero-order chi connectivity index (χ0) is 16.3. The van der Waals surface area contributed by atoms with Crippen LogP contribution < -0.4 is 0 Å². The lowest BCUT2D eigenvalue weighted by Gasteiger charge is -2.15. The first kappa shape index (κ1) is 18.1.